The van der Waals surface area contributed by atoms with Crippen molar-refractivity contribution in [3.63, 3.8) is 0 Å². The highest BCUT2D eigenvalue weighted by Gasteiger charge is 2.30. The van der Waals surface area contributed by atoms with E-state index in [0.717, 1.165) is 55.7 Å². The Morgan fingerprint density at radius 3 is 2.60 bits per heavy atom. The molecule has 2 aliphatic rings. The van der Waals surface area contributed by atoms with Gasteiger partial charge in [-0.05, 0) is 25.0 Å². The van der Waals surface area contributed by atoms with Crippen LogP contribution in [0.25, 0.3) is 5.65 Å². The van der Waals surface area contributed by atoms with Crippen LogP contribution < -0.4 is 4.90 Å². The molecule has 1 aliphatic carbocycles. The third-order valence-corrected chi connectivity index (χ3v) is 5.06. The second-order valence-corrected chi connectivity index (χ2v) is 6.86. The maximum absolute atomic E-state index is 4.60. The van der Waals surface area contributed by atoms with Crippen LogP contribution in [0, 0.1) is 0 Å². The molecule has 0 amide bonds. The lowest BCUT2D eigenvalue weighted by molar-refractivity contribution is 0.246. The van der Waals surface area contributed by atoms with E-state index < -0.39 is 0 Å². The van der Waals surface area contributed by atoms with Crippen molar-refractivity contribution in [1.82, 2.24) is 29.5 Å². The van der Waals surface area contributed by atoms with Crippen LogP contribution in [0.3, 0.4) is 0 Å². The average molecular weight is 335 g/mol. The molecule has 7 nitrogen and oxygen atoms in total. The average Bonchev–Trinajstić information content (AvgIpc) is 3.42. The van der Waals surface area contributed by atoms with Gasteiger partial charge in [-0.1, -0.05) is 6.07 Å². The zero-order valence-corrected chi connectivity index (χ0v) is 14.1. The first-order valence-electron chi connectivity index (χ1n) is 8.95. The fourth-order valence-corrected chi connectivity index (χ4v) is 3.51. The van der Waals surface area contributed by atoms with Gasteiger partial charge in [-0.25, -0.2) is 4.98 Å². The van der Waals surface area contributed by atoms with Gasteiger partial charge in [-0.2, -0.15) is 0 Å². The molecule has 1 aliphatic heterocycles. The summed E-state index contributed by atoms with van der Waals surface area (Å²) in [6, 6.07) is 6.10. The second kappa shape index (κ2) is 6.07. The summed E-state index contributed by atoms with van der Waals surface area (Å²) in [5, 5.41) is 8.84. The Hall–Kier alpha value is -2.54. The minimum absolute atomic E-state index is 0.584. The van der Waals surface area contributed by atoms with Crippen molar-refractivity contribution in [2.45, 2.75) is 25.3 Å². The van der Waals surface area contributed by atoms with Crippen molar-refractivity contribution in [3.8, 4) is 0 Å². The molecule has 128 valence electrons. The van der Waals surface area contributed by atoms with E-state index in [0.29, 0.717) is 5.92 Å². The molecule has 0 unspecified atom stereocenters. The van der Waals surface area contributed by atoms with Crippen LogP contribution in [0.2, 0.25) is 0 Å². The molecular formula is C18H21N7. The Labute approximate surface area is 146 Å². The van der Waals surface area contributed by atoms with Crippen molar-refractivity contribution < 1.29 is 0 Å². The molecule has 3 aromatic rings. The van der Waals surface area contributed by atoms with E-state index >= 15 is 0 Å². The Balaban J connectivity index is 1.31. The molecule has 0 N–H and O–H groups in total. The standard InChI is InChI=1S/C18H21N7/c1-2-6-19-15(3-1)13-23-9-11-24(12-10-23)17-18-22-21-16(14-4-5-14)25(18)8-7-20-17/h1-3,6-8,14H,4-5,9-13H2. The largest absolute Gasteiger partial charge is 0.351 e. The van der Waals surface area contributed by atoms with Crippen LogP contribution in [-0.4, -0.2) is 55.6 Å². The van der Waals surface area contributed by atoms with Crippen molar-refractivity contribution in [2.75, 3.05) is 31.1 Å². The van der Waals surface area contributed by atoms with E-state index in [1.807, 2.05) is 30.7 Å². The van der Waals surface area contributed by atoms with E-state index in [4.69, 9.17) is 0 Å². The van der Waals surface area contributed by atoms with Gasteiger partial charge in [0.15, 0.2) is 5.82 Å². The predicted octanol–water partition coefficient (Wildman–Crippen LogP) is 1.72. The topological polar surface area (TPSA) is 62.5 Å². The highest BCUT2D eigenvalue weighted by Crippen LogP contribution is 2.39. The molecule has 1 saturated carbocycles. The molecule has 0 spiro atoms. The maximum atomic E-state index is 4.60. The van der Waals surface area contributed by atoms with Crippen LogP contribution in [0.15, 0.2) is 36.8 Å². The summed E-state index contributed by atoms with van der Waals surface area (Å²) in [5.74, 6) is 2.63. The van der Waals surface area contributed by atoms with Gasteiger partial charge in [0.2, 0.25) is 5.65 Å². The zero-order valence-electron chi connectivity index (χ0n) is 14.1. The van der Waals surface area contributed by atoms with Gasteiger partial charge in [-0.3, -0.25) is 14.3 Å². The van der Waals surface area contributed by atoms with Crippen molar-refractivity contribution in [3.05, 3.63) is 48.3 Å². The predicted molar refractivity (Wildman–Crippen MR) is 94.5 cm³/mol. The minimum Gasteiger partial charge on any atom is -0.351 e. The quantitative estimate of drug-likeness (QED) is 0.723. The number of anilines is 1. The number of fused-ring (bicyclic) bond motifs is 1. The summed E-state index contributed by atoms with van der Waals surface area (Å²) >= 11 is 0. The van der Waals surface area contributed by atoms with E-state index in [-0.39, 0.29) is 0 Å². The van der Waals surface area contributed by atoms with Crippen molar-refractivity contribution >= 4 is 11.5 Å². The van der Waals surface area contributed by atoms with E-state index in [2.05, 4.69) is 40.4 Å². The number of pyridine rings is 1. The normalized spacial score (nSPS) is 18.8. The number of hydrogen-bond donors (Lipinski definition) is 0. The van der Waals surface area contributed by atoms with Gasteiger partial charge in [0.1, 0.15) is 5.82 Å². The maximum Gasteiger partial charge on any atom is 0.203 e. The molecule has 0 atom stereocenters. The van der Waals surface area contributed by atoms with E-state index in [9.17, 15) is 0 Å². The van der Waals surface area contributed by atoms with Gasteiger partial charge in [0, 0.05) is 57.2 Å². The molecular weight excluding hydrogens is 314 g/mol. The minimum atomic E-state index is 0.584. The first-order valence-corrected chi connectivity index (χ1v) is 8.95. The van der Waals surface area contributed by atoms with Crippen LogP contribution in [0.4, 0.5) is 5.82 Å². The lowest BCUT2D eigenvalue weighted by atomic mass is 10.2. The van der Waals surface area contributed by atoms with Crippen molar-refractivity contribution in [1.29, 1.82) is 0 Å². The van der Waals surface area contributed by atoms with Gasteiger partial charge in [-0.15, -0.1) is 10.2 Å². The fraction of sp³-hybridized carbons (Fsp3) is 0.444. The second-order valence-electron chi connectivity index (χ2n) is 6.86. The number of nitrogens with zero attached hydrogens (tertiary/aromatic N) is 7. The van der Waals surface area contributed by atoms with Gasteiger partial charge in [0.05, 0.1) is 5.69 Å². The molecule has 4 heterocycles. The summed E-state index contributed by atoms with van der Waals surface area (Å²) in [6.07, 6.45) is 8.18. The monoisotopic (exact) mass is 335 g/mol. The summed E-state index contributed by atoms with van der Waals surface area (Å²) in [6.45, 7) is 4.81. The lowest BCUT2D eigenvalue weighted by Crippen LogP contribution is -2.46. The Kier molecular flexibility index (Phi) is 3.59. The third kappa shape index (κ3) is 2.84. The SMILES string of the molecule is c1ccc(CN2CCN(c3nccn4c(C5CC5)nnc34)CC2)nc1. The molecule has 3 aromatic heterocycles. The Morgan fingerprint density at radius 2 is 1.84 bits per heavy atom. The molecule has 1 saturated heterocycles. The van der Waals surface area contributed by atoms with Crippen LogP contribution in [0.5, 0.6) is 0 Å². The number of aromatic nitrogens is 5. The first-order chi connectivity index (χ1) is 12.4. The zero-order chi connectivity index (χ0) is 16.6. The summed E-state index contributed by atoms with van der Waals surface area (Å²) in [7, 11) is 0. The molecule has 25 heavy (non-hydrogen) atoms. The molecule has 0 radical (unpaired) electrons. The Morgan fingerprint density at radius 1 is 0.960 bits per heavy atom. The summed E-state index contributed by atoms with van der Waals surface area (Å²) in [5.41, 5.74) is 2.02. The molecule has 7 heteroatoms. The van der Waals surface area contributed by atoms with E-state index in [1.54, 1.807) is 0 Å². The number of hydrogen-bond acceptors (Lipinski definition) is 6. The molecule has 0 aromatic carbocycles. The smallest absolute Gasteiger partial charge is 0.203 e. The number of piperazine rings is 1. The fourth-order valence-electron chi connectivity index (χ4n) is 3.51. The first kappa shape index (κ1) is 14.8. The molecule has 2 fully saturated rings. The number of rotatable bonds is 4. The lowest BCUT2D eigenvalue weighted by Gasteiger charge is -2.35. The van der Waals surface area contributed by atoms with Crippen LogP contribution in [0.1, 0.15) is 30.3 Å². The highest BCUT2D eigenvalue weighted by atomic mass is 15.3. The Bertz CT molecular complexity index is 864. The van der Waals surface area contributed by atoms with Crippen LogP contribution >= 0.6 is 0 Å². The third-order valence-electron chi connectivity index (χ3n) is 5.06. The van der Waals surface area contributed by atoms with Crippen LogP contribution in [-0.2, 0) is 6.54 Å². The highest BCUT2D eigenvalue weighted by molar-refractivity contribution is 5.64. The molecule has 5 rings (SSSR count). The summed E-state index contributed by atoms with van der Waals surface area (Å²) < 4.78 is 2.13. The van der Waals surface area contributed by atoms with Gasteiger partial charge < -0.3 is 4.90 Å². The van der Waals surface area contributed by atoms with Crippen molar-refractivity contribution in [2.24, 2.45) is 0 Å². The van der Waals surface area contributed by atoms with Gasteiger partial charge in [0.25, 0.3) is 0 Å². The summed E-state index contributed by atoms with van der Waals surface area (Å²) in [4.78, 5) is 13.8. The molecule has 0 bridgehead atoms. The van der Waals surface area contributed by atoms with E-state index in [1.165, 1.54) is 12.8 Å². The van der Waals surface area contributed by atoms with Gasteiger partial charge >= 0.3 is 0 Å².